The van der Waals surface area contributed by atoms with Crippen molar-refractivity contribution < 1.29 is 13.5 Å². The standard InChI is InChI=1S/C12H11Cl2F2N3O/c1-19-6-17-4-8(19)5-18-7-2-9(13)11(10(14)3-7)20-12(15)16/h2-4,6,12,18H,5H2,1H3. The molecule has 0 spiro atoms. The highest BCUT2D eigenvalue weighted by atomic mass is 35.5. The third-order valence-corrected chi connectivity index (χ3v) is 3.16. The number of anilines is 1. The fourth-order valence-corrected chi connectivity index (χ4v) is 2.19. The summed E-state index contributed by atoms with van der Waals surface area (Å²) in [5.74, 6) is -0.227. The van der Waals surface area contributed by atoms with Gasteiger partial charge in [-0.1, -0.05) is 23.2 Å². The molecule has 0 fully saturated rings. The molecular formula is C12H11Cl2F2N3O. The zero-order valence-corrected chi connectivity index (χ0v) is 11.9. The highest BCUT2D eigenvalue weighted by Crippen LogP contribution is 2.37. The van der Waals surface area contributed by atoms with Crippen molar-refractivity contribution in [3.8, 4) is 5.75 Å². The van der Waals surface area contributed by atoms with Gasteiger partial charge < -0.3 is 14.6 Å². The molecule has 0 aliphatic heterocycles. The molecule has 8 heteroatoms. The van der Waals surface area contributed by atoms with Gasteiger partial charge >= 0.3 is 6.61 Å². The number of aryl methyl sites for hydroxylation is 1. The van der Waals surface area contributed by atoms with E-state index < -0.39 is 6.61 Å². The number of hydrogen-bond acceptors (Lipinski definition) is 3. The van der Waals surface area contributed by atoms with Crippen molar-refractivity contribution in [2.24, 2.45) is 7.05 Å². The van der Waals surface area contributed by atoms with E-state index in [1.165, 1.54) is 12.1 Å². The van der Waals surface area contributed by atoms with Crippen LogP contribution in [0.1, 0.15) is 5.69 Å². The van der Waals surface area contributed by atoms with Crippen LogP contribution in [0.4, 0.5) is 14.5 Å². The van der Waals surface area contributed by atoms with Gasteiger partial charge in [-0.05, 0) is 12.1 Å². The first-order chi connectivity index (χ1) is 9.47. The number of nitrogens with one attached hydrogen (secondary N) is 1. The Morgan fingerprint density at radius 2 is 2.00 bits per heavy atom. The Balaban J connectivity index is 2.12. The van der Waals surface area contributed by atoms with Crippen LogP contribution in [0.2, 0.25) is 10.0 Å². The Bertz CT molecular complexity index is 581. The van der Waals surface area contributed by atoms with E-state index in [1.54, 1.807) is 12.5 Å². The number of nitrogens with zero attached hydrogens (tertiary/aromatic N) is 2. The van der Waals surface area contributed by atoms with E-state index in [0.717, 1.165) is 5.69 Å². The number of hydrogen-bond donors (Lipinski definition) is 1. The number of alkyl halides is 2. The third kappa shape index (κ3) is 3.52. The summed E-state index contributed by atoms with van der Waals surface area (Å²) in [4.78, 5) is 3.98. The van der Waals surface area contributed by atoms with E-state index in [0.29, 0.717) is 12.2 Å². The molecule has 0 aliphatic carbocycles. The molecule has 1 N–H and O–H groups in total. The van der Waals surface area contributed by atoms with Gasteiger partial charge in [0.25, 0.3) is 0 Å². The summed E-state index contributed by atoms with van der Waals surface area (Å²) in [5.41, 5.74) is 1.55. The molecule has 2 rings (SSSR count). The Kier molecular flexibility index (Phi) is 4.67. The maximum absolute atomic E-state index is 12.2. The van der Waals surface area contributed by atoms with Gasteiger partial charge in [0, 0.05) is 18.9 Å². The van der Waals surface area contributed by atoms with Crippen LogP contribution in [0.15, 0.2) is 24.7 Å². The van der Waals surface area contributed by atoms with Crippen LogP contribution in [0.25, 0.3) is 0 Å². The van der Waals surface area contributed by atoms with Crippen LogP contribution in [-0.4, -0.2) is 16.2 Å². The molecule has 0 radical (unpaired) electrons. The number of ether oxygens (including phenoxy) is 1. The van der Waals surface area contributed by atoms with E-state index in [9.17, 15) is 8.78 Å². The molecule has 1 aromatic heterocycles. The minimum Gasteiger partial charge on any atom is -0.432 e. The second kappa shape index (κ2) is 6.28. The molecule has 108 valence electrons. The predicted octanol–water partition coefficient (Wildman–Crippen LogP) is 3.94. The average molecular weight is 322 g/mol. The molecule has 2 aromatic rings. The van der Waals surface area contributed by atoms with Crippen LogP contribution in [0.5, 0.6) is 5.75 Å². The van der Waals surface area contributed by atoms with E-state index in [2.05, 4.69) is 15.0 Å². The zero-order valence-electron chi connectivity index (χ0n) is 10.4. The van der Waals surface area contributed by atoms with Crippen molar-refractivity contribution in [3.05, 3.63) is 40.4 Å². The Morgan fingerprint density at radius 3 is 2.50 bits per heavy atom. The van der Waals surface area contributed by atoms with Gasteiger partial charge in [-0.25, -0.2) is 4.98 Å². The highest BCUT2D eigenvalue weighted by Gasteiger charge is 2.14. The number of imidazole rings is 1. The van der Waals surface area contributed by atoms with Crippen LogP contribution in [0.3, 0.4) is 0 Å². The largest absolute Gasteiger partial charge is 0.432 e. The maximum atomic E-state index is 12.2. The molecule has 0 saturated heterocycles. The second-order valence-corrected chi connectivity index (χ2v) is 4.81. The van der Waals surface area contributed by atoms with Gasteiger partial charge in [0.15, 0.2) is 5.75 Å². The average Bonchev–Trinajstić information content (AvgIpc) is 2.77. The summed E-state index contributed by atoms with van der Waals surface area (Å²) >= 11 is 11.7. The normalized spacial score (nSPS) is 10.9. The molecule has 4 nitrogen and oxygen atoms in total. The quantitative estimate of drug-likeness (QED) is 0.906. The van der Waals surface area contributed by atoms with E-state index in [4.69, 9.17) is 23.2 Å². The number of halogens is 4. The lowest BCUT2D eigenvalue weighted by molar-refractivity contribution is -0.0497. The Labute approximate surface area is 124 Å². The van der Waals surface area contributed by atoms with Crippen LogP contribution >= 0.6 is 23.2 Å². The smallest absolute Gasteiger partial charge is 0.387 e. The van der Waals surface area contributed by atoms with Crippen LogP contribution in [0, 0.1) is 0 Å². The number of benzene rings is 1. The lowest BCUT2D eigenvalue weighted by Gasteiger charge is -2.12. The summed E-state index contributed by atoms with van der Waals surface area (Å²) in [6, 6.07) is 2.95. The lowest BCUT2D eigenvalue weighted by atomic mass is 10.3. The minimum absolute atomic E-state index is 0.0188. The van der Waals surface area contributed by atoms with Crippen LogP contribution < -0.4 is 10.1 Å². The van der Waals surface area contributed by atoms with Gasteiger partial charge in [0.2, 0.25) is 0 Å². The summed E-state index contributed by atoms with van der Waals surface area (Å²) < 4.78 is 30.5. The molecule has 1 aromatic carbocycles. The second-order valence-electron chi connectivity index (χ2n) is 4.00. The van der Waals surface area contributed by atoms with Gasteiger partial charge in [-0.2, -0.15) is 8.78 Å². The number of aromatic nitrogens is 2. The fraction of sp³-hybridized carbons (Fsp3) is 0.250. The van der Waals surface area contributed by atoms with Crippen molar-refractivity contribution in [2.75, 3.05) is 5.32 Å². The third-order valence-electron chi connectivity index (χ3n) is 2.60. The molecule has 20 heavy (non-hydrogen) atoms. The van der Waals surface area contributed by atoms with Gasteiger partial charge in [0.1, 0.15) is 0 Å². The van der Waals surface area contributed by atoms with Crippen molar-refractivity contribution >= 4 is 28.9 Å². The van der Waals surface area contributed by atoms with Crippen molar-refractivity contribution in [3.63, 3.8) is 0 Å². The van der Waals surface area contributed by atoms with Gasteiger partial charge in [-0.3, -0.25) is 0 Å². The predicted molar refractivity (Wildman–Crippen MR) is 73.6 cm³/mol. The summed E-state index contributed by atoms with van der Waals surface area (Å²) in [7, 11) is 1.86. The summed E-state index contributed by atoms with van der Waals surface area (Å²) in [5, 5.41) is 3.11. The van der Waals surface area contributed by atoms with Crippen molar-refractivity contribution in [2.45, 2.75) is 13.2 Å². The monoisotopic (exact) mass is 321 g/mol. The molecule has 0 aliphatic rings. The molecule has 0 unspecified atom stereocenters. The fourth-order valence-electron chi connectivity index (χ4n) is 1.61. The minimum atomic E-state index is -2.97. The van der Waals surface area contributed by atoms with Gasteiger partial charge in [0.05, 0.1) is 28.6 Å². The molecule has 0 atom stereocenters. The Morgan fingerprint density at radius 1 is 1.35 bits per heavy atom. The van der Waals surface area contributed by atoms with Crippen molar-refractivity contribution in [1.82, 2.24) is 9.55 Å². The van der Waals surface area contributed by atoms with E-state index in [1.807, 2.05) is 11.6 Å². The number of rotatable bonds is 5. The van der Waals surface area contributed by atoms with Crippen LogP contribution in [-0.2, 0) is 13.6 Å². The molecule has 0 bridgehead atoms. The first kappa shape index (κ1) is 14.9. The van der Waals surface area contributed by atoms with E-state index in [-0.39, 0.29) is 15.8 Å². The molecular weight excluding hydrogens is 311 g/mol. The molecule has 0 amide bonds. The first-order valence-electron chi connectivity index (χ1n) is 5.60. The highest BCUT2D eigenvalue weighted by molar-refractivity contribution is 6.37. The zero-order chi connectivity index (χ0) is 14.7. The first-order valence-corrected chi connectivity index (χ1v) is 6.36. The van der Waals surface area contributed by atoms with E-state index >= 15 is 0 Å². The molecule has 0 saturated carbocycles. The maximum Gasteiger partial charge on any atom is 0.387 e. The Hall–Kier alpha value is -1.53. The summed E-state index contributed by atoms with van der Waals surface area (Å²) in [6.45, 7) is -2.48. The SMILES string of the molecule is Cn1cncc1CNc1cc(Cl)c(OC(F)F)c(Cl)c1. The summed E-state index contributed by atoms with van der Waals surface area (Å²) in [6.07, 6.45) is 3.39. The lowest BCUT2D eigenvalue weighted by Crippen LogP contribution is -2.06. The van der Waals surface area contributed by atoms with Crippen molar-refractivity contribution in [1.29, 1.82) is 0 Å². The van der Waals surface area contributed by atoms with Gasteiger partial charge in [-0.15, -0.1) is 0 Å². The molecule has 1 heterocycles. The topological polar surface area (TPSA) is 39.1 Å².